The Bertz CT molecular complexity index is 1670. The van der Waals surface area contributed by atoms with Crippen molar-refractivity contribution in [3.63, 3.8) is 0 Å². The SMILES string of the molecule is COc1ccc2c(c1)c(/C=C1\Oc3cc(OC(=O)N(C(C)C)C(C)C)cc(OC(=O)N(C(C)C)C(C)C)c3C1=O)cn2CCCN(C)C. The Morgan fingerprint density at radius 1 is 0.854 bits per heavy atom. The number of aryl methyl sites for hydroxylation is 1. The summed E-state index contributed by atoms with van der Waals surface area (Å²) in [5.41, 5.74) is 1.85. The number of hydrogen-bond acceptors (Lipinski definition) is 8. The third-order valence-corrected chi connectivity index (χ3v) is 8.17. The molecule has 0 spiro atoms. The molecule has 0 N–H and O–H groups in total. The predicted molar refractivity (Wildman–Crippen MR) is 187 cm³/mol. The van der Waals surface area contributed by atoms with E-state index >= 15 is 0 Å². The summed E-state index contributed by atoms with van der Waals surface area (Å²) < 4.78 is 25.5. The van der Waals surface area contributed by atoms with Gasteiger partial charge in [-0.2, -0.15) is 0 Å². The number of fused-ring (bicyclic) bond motifs is 2. The van der Waals surface area contributed by atoms with Crippen LogP contribution < -0.4 is 18.9 Å². The summed E-state index contributed by atoms with van der Waals surface area (Å²) in [5, 5.41) is 0.896. The molecule has 11 nitrogen and oxygen atoms in total. The molecule has 1 aliphatic rings. The van der Waals surface area contributed by atoms with Gasteiger partial charge in [0, 0.05) is 65.5 Å². The number of carbonyl (C=O) groups excluding carboxylic acids is 3. The minimum atomic E-state index is -0.630. The average molecular weight is 663 g/mol. The molecule has 0 fully saturated rings. The number of rotatable bonds is 12. The third-order valence-electron chi connectivity index (χ3n) is 8.17. The fraction of sp³-hybridized carbons (Fsp3) is 0.486. The molecule has 3 aromatic rings. The summed E-state index contributed by atoms with van der Waals surface area (Å²) in [4.78, 5) is 46.0. The van der Waals surface area contributed by atoms with Gasteiger partial charge in [0.25, 0.3) is 0 Å². The second-order valence-electron chi connectivity index (χ2n) is 13.5. The standard InChI is InChI=1S/C37H50N4O7/c1-22(2)40(23(3)4)36(43)46-28-19-31-34(32(20-28)48-37(44)41(24(5)6)25(7)8)35(42)33(47-31)17-26-21-39(16-12-15-38(9)10)30-14-13-27(45-11)18-29(26)30/h13-14,17-25H,12,15-16H2,1-11H3/b33-17-. The topological polar surface area (TPSA) is 103 Å². The lowest BCUT2D eigenvalue weighted by molar-refractivity contribution is 0.101. The molecule has 2 aromatic carbocycles. The zero-order valence-electron chi connectivity index (χ0n) is 30.1. The summed E-state index contributed by atoms with van der Waals surface area (Å²) >= 11 is 0. The van der Waals surface area contributed by atoms with Crippen LogP contribution in [0, 0.1) is 0 Å². The zero-order valence-corrected chi connectivity index (χ0v) is 30.1. The van der Waals surface area contributed by atoms with Gasteiger partial charge in [-0.05, 0) is 107 Å². The summed E-state index contributed by atoms with van der Waals surface area (Å²) in [6.07, 6.45) is 3.42. The Morgan fingerprint density at radius 2 is 1.46 bits per heavy atom. The molecule has 260 valence electrons. The molecule has 0 aliphatic carbocycles. The molecule has 2 heterocycles. The van der Waals surface area contributed by atoms with Crippen molar-refractivity contribution in [2.24, 2.45) is 0 Å². The molecular weight excluding hydrogens is 612 g/mol. The Kier molecular flexibility index (Phi) is 11.5. The summed E-state index contributed by atoms with van der Waals surface area (Å²) in [6, 6.07) is 8.17. The van der Waals surface area contributed by atoms with Crippen LogP contribution in [0.2, 0.25) is 0 Å². The number of ketones is 1. The van der Waals surface area contributed by atoms with Crippen LogP contribution in [0.5, 0.6) is 23.0 Å². The van der Waals surface area contributed by atoms with E-state index in [1.54, 1.807) is 23.0 Å². The second-order valence-corrected chi connectivity index (χ2v) is 13.5. The molecule has 0 radical (unpaired) electrons. The first-order valence-electron chi connectivity index (χ1n) is 16.6. The lowest BCUT2D eigenvalue weighted by Gasteiger charge is -2.30. The molecule has 4 rings (SSSR count). The number of aromatic nitrogens is 1. The smallest absolute Gasteiger partial charge is 0.415 e. The van der Waals surface area contributed by atoms with E-state index in [1.807, 2.05) is 93.9 Å². The molecule has 0 unspecified atom stereocenters. The average Bonchev–Trinajstić information content (AvgIpc) is 3.47. The van der Waals surface area contributed by atoms with Crippen molar-refractivity contribution in [3.8, 4) is 23.0 Å². The first kappa shape index (κ1) is 36.3. The van der Waals surface area contributed by atoms with Crippen molar-refractivity contribution in [2.75, 3.05) is 27.7 Å². The Morgan fingerprint density at radius 3 is 2.02 bits per heavy atom. The van der Waals surface area contributed by atoms with Crippen LogP contribution in [-0.2, 0) is 6.54 Å². The van der Waals surface area contributed by atoms with Crippen molar-refractivity contribution in [1.82, 2.24) is 19.3 Å². The minimum Gasteiger partial charge on any atom is -0.497 e. The van der Waals surface area contributed by atoms with E-state index in [0.29, 0.717) is 5.75 Å². The van der Waals surface area contributed by atoms with Gasteiger partial charge in [-0.15, -0.1) is 0 Å². The molecule has 0 saturated carbocycles. The van der Waals surface area contributed by atoms with Crippen LogP contribution >= 0.6 is 0 Å². The van der Waals surface area contributed by atoms with Gasteiger partial charge < -0.3 is 38.2 Å². The Balaban J connectivity index is 1.78. The largest absolute Gasteiger partial charge is 0.497 e. The molecule has 2 amide bonds. The summed E-state index contributed by atoms with van der Waals surface area (Å²) in [6.45, 7) is 16.8. The molecule has 0 atom stereocenters. The third kappa shape index (κ3) is 7.95. The minimum absolute atomic E-state index is 0.0478. The molecule has 1 aliphatic heterocycles. The fourth-order valence-electron chi connectivity index (χ4n) is 6.16. The van der Waals surface area contributed by atoms with Crippen LogP contribution in [0.3, 0.4) is 0 Å². The molecule has 1 aromatic heterocycles. The maximum absolute atomic E-state index is 14.0. The highest BCUT2D eigenvalue weighted by molar-refractivity contribution is 6.17. The quantitative estimate of drug-likeness (QED) is 0.184. The monoisotopic (exact) mass is 662 g/mol. The number of methoxy groups -OCH3 is 1. The van der Waals surface area contributed by atoms with E-state index in [2.05, 4.69) is 9.47 Å². The van der Waals surface area contributed by atoms with E-state index in [4.69, 9.17) is 18.9 Å². The van der Waals surface area contributed by atoms with Gasteiger partial charge in [-0.3, -0.25) is 4.79 Å². The number of nitrogens with zero attached hydrogens (tertiary/aromatic N) is 4. The van der Waals surface area contributed by atoms with Gasteiger partial charge in [0.2, 0.25) is 5.78 Å². The van der Waals surface area contributed by atoms with Crippen LogP contribution in [-0.4, -0.2) is 89.2 Å². The van der Waals surface area contributed by atoms with Crippen LogP contribution in [0.4, 0.5) is 9.59 Å². The molecule has 48 heavy (non-hydrogen) atoms. The Hall–Kier alpha value is -4.51. The molecule has 0 bridgehead atoms. The van der Waals surface area contributed by atoms with Crippen molar-refractivity contribution in [2.45, 2.75) is 92.5 Å². The summed E-state index contributed by atoms with van der Waals surface area (Å²) in [5.74, 6) is 0.462. The number of ether oxygens (including phenoxy) is 4. The van der Waals surface area contributed by atoms with Gasteiger partial charge in [0.1, 0.15) is 22.8 Å². The molecule has 11 heteroatoms. The second kappa shape index (κ2) is 15.1. The maximum atomic E-state index is 14.0. The van der Waals surface area contributed by atoms with Crippen molar-refractivity contribution in [1.29, 1.82) is 0 Å². The van der Waals surface area contributed by atoms with Crippen LogP contribution in [0.15, 0.2) is 42.3 Å². The zero-order chi connectivity index (χ0) is 35.4. The number of amides is 2. The number of allylic oxidation sites excluding steroid dienone is 1. The number of benzene rings is 2. The van der Waals surface area contributed by atoms with Gasteiger partial charge >= 0.3 is 12.2 Å². The van der Waals surface area contributed by atoms with Gasteiger partial charge in [0.15, 0.2) is 11.5 Å². The highest BCUT2D eigenvalue weighted by Gasteiger charge is 2.35. The highest BCUT2D eigenvalue weighted by atomic mass is 16.6. The van der Waals surface area contributed by atoms with E-state index in [-0.39, 0.29) is 52.7 Å². The van der Waals surface area contributed by atoms with Crippen molar-refractivity contribution in [3.05, 3.63) is 53.4 Å². The normalized spacial score (nSPS) is 13.7. The van der Waals surface area contributed by atoms with E-state index in [0.717, 1.165) is 36.0 Å². The number of hydrogen-bond donors (Lipinski definition) is 0. The number of carbonyl (C=O) groups is 3. The first-order chi connectivity index (χ1) is 22.6. The van der Waals surface area contributed by atoms with E-state index < -0.39 is 18.0 Å². The van der Waals surface area contributed by atoms with Gasteiger partial charge in [-0.25, -0.2) is 9.59 Å². The first-order valence-corrected chi connectivity index (χ1v) is 16.6. The fourth-order valence-corrected chi connectivity index (χ4v) is 6.16. The van der Waals surface area contributed by atoms with Crippen LogP contribution in [0.25, 0.3) is 17.0 Å². The van der Waals surface area contributed by atoms with Gasteiger partial charge in [-0.1, -0.05) is 0 Å². The Labute approximate surface area is 284 Å². The highest BCUT2D eigenvalue weighted by Crippen LogP contribution is 2.43. The predicted octanol–water partition coefficient (Wildman–Crippen LogP) is 7.45. The van der Waals surface area contributed by atoms with E-state index in [1.165, 1.54) is 12.1 Å². The van der Waals surface area contributed by atoms with Crippen molar-refractivity contribution < 1.29 is 33.3 Å². The number of Topliss-reactive ketones (excluding diaryl/α,β-unsaturated/α-hetero) is 1. The maximum Gasteiger partial charge on any atom is 0.415 e. The van der Waals surface area contributed by atoms with Gasteiger partial charge in [0.05, 0.1) is 7.11 Å². The lowest BCUT2D eigenvalue weighted by atomic mass is 10.1. The van der Waals surface area contributed by atoms with Crippen LogP contribution in [0.1, 0.15) is 77.7 Å². The molecular formula is C37H50N4O7. The van der Waals surface area contributed by atoms with E-state index in [9.17, 15) is 14.4 Å². The molecule has 0 saturated heterocycles. The lowest BCUT2D eigenvalue weighted by Crippen LogP contribution is -2.44. The summed E-state index contributed by atoms with van der Waals surface area (Å²) in [7, 11) is 5.70. The van der Waals surface area contributed by atoms with Crippen molar-refractivity contribution >= 4 is 34.9 Å².